The zero-order valence-corrected chi connectivity index (χ0v) is 15.2. The van der Waals surface area contributed by atoms with Crippen LogP contribution in [0.25, 0.3) is 0 Å². The van der Waals surface area contributed by atoms with E-state index in [0.717, 1.165) is 0 Å². The summed E-state index contributed by atoms with van der Waals surface area (Å²) in [6, 6.07) is 11.9. The Bertz CT molecular complexity index is 835. The highest BCUT2D eigenvalue weighted by Crippen LogP contribution is 2.27. The molecule has 0 unspecified atom stereocenters. The summed E-state index contributed by atoms with van der Waals surface area (Å²) in [5.74, 6) is 0.799. The molecular formula is C19H20N2O6. The molecule has 0 radical (unpaired) electrons. The Morgan fingerprint density at radius 1 is 1.00 bits per heavy atom. The molecule has 8 nitrogen and oxygen atoms in total. The van der Waals surface area contributed by atoms with Crippen molar-refractivity contribution in [2.45, 2.75) is 6.92 Å². The molecule has 27 heavy (non-hydrogen) atoms. The number of esters is 1. The van der Waals surface area contributed by atoms with Crippen molar-refractivity contribution in [2.75, 3.05) is 20.8 Å². The van der Waals surface area contributed by atoms with Crippen LogP contribution in [0, 0.1) is 0 Å². The molecule has 0 spiro atoms. The summed E-state index contributed by atoms with van der Waals surface area (Å²) in [6.45, 7) is 1.09. The molecule has 0 aliphatic rings. The zero-order chi connectivity index (χ0) is 19.6. The highest BCUT2D eigenvalue weighted by molar-refractivity contribution is 5.84. The number of carbonyl (C=O) groups excluding carboxylic acids is 2. The van der Waals surface area contributed by atoms with Crippen molar-refractivity contribution < 1.29 is 28.5 Å². The molecule has 2 aromatic rings. The number of rotatable bonds is 8. The number of hydrogen-bond donors (Lipinski definition) is 1. The van der Waals surface area contributed by atoms with Crippen LogP contribution in [0.5, 0.6) is 23.0 Å². The lowest BCUT2D eigenvalue weighted by atomic mass is 10.2. The molecule has 2 rings (SSSR count). The second-order valence-corrected chi connectivity index (χ2v) is 5.24. The molecule has 0 saturated heterocycles. The number of ether oxygens (including phenoxy) is 4. The highest BCUT2D eigenvalue weighted by Gasteiger charge is 2.08. The molecule has 8 heteroatoms. The molecule has 0 aliphatic carbocycles. The summed E-state index contributed by atoms with van der Waals surface area (Å²) in [4.78, 5) is 22.9. The second kappa shape index (κ2) is 9.81. The number of hydrogen-bond acceptors (Lipinski definition) is 7. The topological polar surface area (TPSA) is 95.5 Å². The molecule has 0 aromatic heterocycles. The van der Waals surface area contributed by atoms with Gasteiger partial charge in [0.1, 0.15) is 0 Å². The minimum absolute atomic E-state index is 0.216. The van der Waals surface area contributed by atoms with E-state index in [1.54, 1.807) is 42.5 Å². The van der Waals surface area contributed by atoms with E-state index in [-0.39, 0.29) is 6.61 Å². The third-order valence-electron chi connectivity index (χ3n) is 3.27. The first-order valence-electron chi connectivity index (χ1n) is 7.97. The Labute approximate surface area is 156 Å². The van der Waals surface area contributed by atoms with Crippen molar-refractivity contribution in [2.24, 2.45) is 5.10 Å². The average molecular weight is 372 g/mol. The number of nitrogens with one attached hydrogen (secondary N) is 1. The number of benzene rings is 2. The van der Waals surface area contributed by atoms with Gasteiger partial charge in [-0.1, -0.05) is 12.1 Å². The number of methoxy groups -OCH3 is 2. The lowest BCUT2D eigenvalue weighted by Crippen LogP contribution is -2.24. The Morgan fingerprint density at radius 3 is 2.37 bits per heavy atom. The second-order valence-electron chi connectivity index (χ2n) is 5.24. The third-order valence-corrected chi connectivity index (χ3v) is 3.27. The van der Waals surface area contributed by atoms with Gasteiger partial charge in [-0.3, -0.25) is 9.59 Å². The summed E-state index contributed by atoms with van der Waals surface area (Å²) in [5.41, 5.74) is 3.01. The van der Waals surface area contributed by atoms with E-state index in [4.69, 9.17) is 18.9 Å². The average Bonchev–Trinajstić information content (AvgIpc) is 2.67. The van der Waals surface area contributed by atoms with Gasteiger partial charge >= 0.3 is 5.97 Å². The van der Waals surface area contributed by atoms with Gasteiger partial charge in [0.2, 0.25) is 0 Å². The molecule has 0 heterocycles. The van der Waals surface area contributed by atoms with E-state index >= 15 is 0 Å². The van der Waals surface area contributed by atoms with Gasteiger partial charge in [-0.25, -0.2) is 5.43 Å². The third kappa shape index (κ3) is 6.03. The minimum atomic E-state index is -0.447. The fourth-order valence-corrected chi connectivity index (χ4v) is 2.10. The summed E-state index contributed by atoms with van der Waals surface area (Å²) in [5, 5.41) is 3.86. The van der Waals surface area contributed by atoms with Gasteiger partial charge in [-0.15, -0.1) is 0 Å². The SMILES string of the molecule is COc1ccccc1OCC(=O)N/N=C\c1ccc(OC(C)=O)c(OC)c1. The number of amides is 1. The number of para-hydroxylation sites is 2. The molecule has 0 aliphatic heterocycles. The van der Waals surface area contributed by atoms with Gasteiger partial charge in [0.05, 0.1) is 20.4 Å². The van der Waals surface area contributed by atoms with E-state index in [1.807, 2.05) is 0 Å². The minimum Gasteiger partial charge on any atom is -0.493 e. The van der Waals surface area contributed by atoms with Gasteiger partial charge in [0.15, 0.2) is 29.6 Å². The van der Waals surface area contributed by atoms with Crippen molar-refractivity contribution in [1.82, 2.24) is 5.43 Å². The number of carbonyl (C=O) groups is 2. The van der Waals surface area contributed by atoms with Crippen molar-refractivity contribution in [3.8, 4) is 23.0 Å². The smallest absolute Gasteiger partial charge is 0.308 e. The fraction of sp³-hybridized carbons (Fsp3) is 0.211. The largest absolute Gasteiger partial charge is 0.493 e. The summed E-state index contributed by atoms with van der Waals surface area (Å²) in [6.07, 6.45) is 1.43. The van der Waals surface area contributed by atoms with Crippen LogP contribution in [0.1, 0.15) is 12.5 Å². The maximum atomic E-state index is 11.8. The van der Waals surface area contributed by atoms with E-state index in [2.05, 4.69) is 10.5 Å². The summed E-state index contributed by atoms with van der Waals surface area (Å²) < 4.78 is 20.7. The van der Waals surface area contributed by atoms with Crippen LogP contribution in [0.3, 0.4) is 0 Å². The van der Waals surface area contributed by atoms with E-state index in [9.17, 15) is 9.59 Å². The number of nitrogens with zero attached hydrogens (tertiary/aromatic N) is 1. The van der Waals surface area contributed by atoms with Crippen LogP contribution < -0.4 is 24.4 Å². The Balaban J connectivity index is 1.90. The Hall–Kier alpha value is -3.55. The van der Waals surface area contributed by atoms with Gasteiger partial charge < -0.3 is 18.9 Å². The zero-order valence-electron chi connectivity index (χ0n) is 15.2. The van der Waals surface area contributed by atoms with Crippen molar-refractivity contribution in [3.63, 3.8) is 0 Å². The molecule has 0 atom stereocenters. The van der Waals surface area contributed by atoms with E-state index < -0.39 is 11.9 Å². The molecular weight excluding hydrogens is 352 g/mol. The lowest BCUT2D eigenvalue weighted by molar-refractivity contribution is -0.132. The summed E-state index contributed by atoms with van der Waals surface area (Å²) >= 11 is 0. The molecule has 1 amide bonds. The van der Waals surface area contributed by atoms with Crippen LogP contribution in [0.4, 0.5) is 0 Å². The van der Waals surface area contributed by atoms with E-state index in [0.29, 0.717) is 28.6 Å². The van der Waals surface area contributed by atoms with Crippen LogP contribution in [-0.2, 0) is 9.59 Å². The monoisotopic (exact) mass is 372 g/mol. The highest BCUT2D eigenvalue weighted by atomic mass is 16.6. The van der Waals surface area contributed by atoms with Crippen LogP contribution in [0.2, 0.25) is 0 Å². The Morgan fingerprint density at radius 2 is 1.70 bits per heavy atom. The maximum Gasteiger partial charge on any atom is 0.308 e. The first-order chi connectivity index (χ1) is 13.0. The van der Waals surface area contributed by atoms with Crippen molar-refractivity contribution in [1.29, 1.82) is 0 Å². The first-order valence-corrected chi connectivity index (χ1v) is 7.97. The quantitative estimate of drug-likeness (QED) is 0.330. The first kappa shape index (κ1) is 19.8. The van der Waals surface area contributed by atoms with E-state index in [1.165, 1.54) is 27.4 Å². The lowest BCUT2D eigenvalue weighted by Gasteiger charge is -2.09. The van der Waals surface area contributed by atoms with Crippen molar-refractivity contribution >= 4 is 18.1 Å². The molecule has 0 saturated carbocycles. The number of hydrazone groups is 1. The Kier molecular flexibility index (Phi) is 7.18. The van der Waals surface area contributed by atoms with Crippen LogP contribution in [-0.4, -0.2) is 38.9 Å². The van der Waals surface area contributed by atoms with Crippen molar-refractivity contribution in [3.05, 3.63) is 48.0 Å². The summed E-state index contributed by atoms with van der Waals surface area (Å²) in [7, 11) is 2.98. The molecule has 0 fully saturated rings. The predicted octanol–water partition coefficient (Wildman–Crippen LogP) is 2.16. The van der Waals surface area contributed by atoms with Gasteiger partial charge in [0.25, 0.3) is 5.91 Å². The van der Waals surface area contributed by atoms with Gasteiger partial charge in [-0.05, 0) is 35.9 Å². The molecule has 0 bridgehead atoms. The van der Waals surface area contributed by atoms with Gasteiger partial charge in [-0.2, -0.15) is 5.10 Å². The van der Waals surface area contributed by atoms with Crippen LogP contribution >= 0.6 is 0 Å². The molecule has 1 N–H and O–H groups in total. The van der Waals surface area contributed by atoms with Crippen LogP contribution in [0.15, 0.2) is 47.6 Å². The normalized spacial score (nSPS) is 10.3. The van der Waals surface area contributed by atoms with Gasteiger partial charge in [0, 0.05) is 6.92 Å². The molecule has 142 valence electrons. The predicted molar refractivity (Wildman–Crippen MR) is 98.5 cm³/mol. The fourth-order valence-electron chi connectivity index (χ4n) is 2.10. The standard InChI is InChI=1S/C19H20N2O6/c1-13(22)27-17-9-8-14(10-18(17)25-3)11-20-21-19(23)12-26-16-7-5-4-6-15(16)24-2/h4-11H,12H2,1-3H3,(H,21,23)/b20-11-. The molecule has 2 aromatic carbocycles. The maximum absolute atomic E-state index is 11.8.